The lowest BCUT2D eigenvalue weighted by Crippen LogP contribution is -2.51. The van der Waals surface area contributed by atoms with Gasteiger partial charge in [0, 0.05) is 56.9 Å². The minimum absolute atomic E-state index is 0.0715. The van der Waals surface area contributed by atoms with Gasteiger partial charge in [-0.1, -0.05) is 26.8 Å². The Morgan fingerprint density at radius 3 is 2.49 bits per heavy atom. The first-order valence-corrected chi connectivity index (χ1v) is 13.1. The third kappa shape index (κ3) is 6.33. The number of benzene rings is 1. The predicted molar refractivity (Wildman–Crippen MR) is 137 cm³/mol. The summed E-state index contributed by atoms with van der Waals surface area (Å²) in [5.74, 6) is -1.82. The summed E-state index contributed by atoms with van der Waals surface area (Å²) in [7, 11) is 0. The maximum Gasteiger partial charge on any atom is 0.419 e. The smallest absolute Gasteiger partial charge is 0.396 e. The van der Waals surface area contributed by atoms with E-state index < -0.39 is 35.0 Å². The van der Waals surface area contributed by atoms with Gasteiger partial charge >= 0.3 is 6.18 Å². The highest BCUT2D eigenvalue weighted by Gasteiger charge is 2.37. The number of fused-ring (bicyclic) bond motifs is 1. The van der Waals surface area contributed by atoms with Gasteiger partial charge in [-0.2, -0.15) is 13.2 Å². The van der Waals surface area contributed by atoms with Crippen LogP contribution in [0.25, 0.3) is 0 Å². The molecule has 2 aliphatic rings. The molecule has 3 N–H and O–H groups in total. The van der Waals surface area contributed by atoms with E-state index in [0.717, 1.165) is 23.5 Å². The standard InChI is InChI=1S/C27H35F4N5O3/c1-16-10-21(38)23-22(16)24(34-15-33-23)35-6-8-36(9-7-35)25(39)18(12-32-13-26(2,3)14-37)17-4-5-19(20(28)11-17)27(29,30)31/h4-5,11,15-16,18,21,32,37-38H,6-10,12-14H2,1-3H3/t16-,18-,21-/m1/s1. The molecule has 1 aliphatic heterocycles. The number of carbonyl (C=O) groups excluding carboxylic acids is 1. The van der Waals surface area contributed by atoms with Crippen molar-refractivity contribution in [1.82, 2.24) is 20.2 Å². The van der Waals surface area contributed by atoms with E-state index in [-0.39, 0.29) is 30.5 Å². The van der Waals surface area contributed by atoms with Gasteiger partial charge in [-0.3, -0.25) is 4.79 Å². The lowest BCUT2D eigenvalue weighted by molar-refractivity contribution is -0.140. The van der Waals surface area contributed by atoms with E-state index in [4.69, 9.17) is 0 Å². The highest BCUT2D eigenvalue weighted by molar-refractivity contribution is 5.84. The third-order valence-electron chi connectivity index (χ3n) is 7.55. The van der Waals surface area contributed by atoms with Gasteiger partial charge in [0.05, 0.1) is 23.3 Å². The van der Waals surface area contributed by atoms with Crippen LogP contribution >= 0.6 is 0 Å². The van der Waals surface area contributed by atoms with Crippen LogP contribution in [-0.4, -0.2) is 76.9 Å². The van der Waals surface area contributed by atoms with Crippen molar-refractivity contribution in [3.05, 3.63) is 52.7 Å². The van der Waals surface area contributed by atoms with E-state index in [1.54, 1.807) is 4.90 Å². The Labute approximate surface area is 225 Å². The molecule has 0 spiro atoms. The molecular formula is C27H35F4N5O3. The molecule has 1 amide bonds. The largest absolute Gasteiger partial charge is 0.419 e. The Morgan fingerprint density at radius 1 is 1.18 bits per heavy atom. The maximum absolute atomic E-state index is 14.5. The molecule has 1 aromatic heterocycles. The molecule has 1 aromatic carbocycles. The number of nitrogens with zero attached hydrogens (tertiary/aromatic N) is 4. The number of nitrogens with one attached hydrogen (secondary N) is 1. The molecule has 0 radical (unpaired) electrons. The minimum atomic E-state index is -4.84. The van der Waals surface area contributed by atoms with Crippen molar-refractivity contribution < 1.29 is 32.6 Å². The topological polar surface area (TPSA) is 102 Å². The highest BCUT2D eigenvalue weighted by Crippen LogP contribution is 2.43. The fourth-order valence-corrected chi connectivity index (χ4v) is 5.25. The van der Waals surface area contributed by atoms with E-state index in [0.29, 0.717) is 50.9 Å². The first-order chi connectivity index (χ1) is 18.3. The Bertz CT molecular complexity index is 1180. The molecule has 3 atom stereocenters. The molecule has 1 aliphatic carbocycles. The van der Waals surface area contributed by atoms with Crippen LogP contribution < -0.4 is 10.2 Å². The summed E-state index contributed by atoms with van der Waals surface area (Å²) >= 11 is 0. The number of hydrogen-bond donors (Lipinski definition) is 3. The second kappa shape index (κ2) is 11.3. The molecule has 39 heavy (non-hydrogen) atoms. The number of aliphatic hydroxyl groups excluding tert-OH is 2. The van der Waals surface area contributed by atoms with E-state index in [9.17, 15) is 32.6 Å². The van der Waals surface area contributed by atoms with E-state index in [1.165, 1.54) is 6.33 Å². The van der Waals surface area contributed by atoms with Gasteiger partial charge in [0.25, 0.3) is 0 Å². The molecule has 2 heterocycles. The number of amides is 1. The van der Waals surface area contributed by atoms with Crippen molar-refractivity contribution in [2.24, 2.45) is 5.41 Å². The monoisotopic (exact) mass is 553 g/mol. The summed E-state index contributed by atoms with van der Waals surface area (Å²) in [4.78, 5) is 26.0. The number of halogens is 4. The third-order valence-corrected chi connectivity index (χ3v) is 7.55. The van der Waals surface area contributed by atoms with Gasteiger partial charge in [-0.25, -0.2) is 14.4 Å². The zero-order valence-corrected chi connectivity index (χ0v) is 22.3. The van der Waals surface area contributed by atoms with Crippen molar-refractivity contribution in [3.63, 3.8) is 0 Å². The summed E-state index contributed by atoms with van der Waals surface area (Å²) in [6, 6.07) is 2.61. The van der Waals surface area contributed by atoms with Crippen molar-refractivity contribution in [2.45, 2.75) is 51.3 Å². The van der Waals surface area contributed by atoms with Gasteiger partial charge in [0.2, 0.25) is 5.91 Å². The second-order valence-electron chi connectivity index (χ2n) is 11.2. The Hall–Kier alpha value is -2.83. The number of anilines is 1. The fourth-order valence-electron chi connectivity index (χ4n) is 5.25. The number of piperazine rings is 1. The van der Waals surface area contributed by atoms with E-state index >= 15 is 0 Å². The zero-order valence-electron chi connectivity index (χ0n) is 22.3. The summed E-state index contributed by atoms with van der Waals surface area (Å²) < 4.78 is 53.8. The van der Waals surface area contributed by atoms with Crippen molar-refractivity contribution in [2.75, 3.05) is 50.8 Å². The van der Waals surface area contributed by atoms with Crippen LogP contribution in [0.4, 0.5) is 23.4 Å². The van der Waals surface area contributed by atoms with Gasteiger partial charge in [0.15, 0.2) is 0 Å². The summed E-state index contributed by atoms with van der Waals surface area (Å²) in [5.41, 5.74) is -0.158. The molecule has 0 saturated carbocycles. The maximum atomic E-state index is 14.5. The van der Waals surface area contributed by atoms with Crippen LogP contribution in [0.1, 0.15) is 67.5 Å². The normalized spacial score (nSPS) is 20.7. The van der Waals surface area contributed by atoms with Gasteiger partial charge < -0.3 is 25.3 Å². The molecule has 214 valence electrons. The Kier molecular flexibility index (Phi) is 8.48. The van der Waals surface area contributed by atoms with E-state index in [1.807, 2.05) is 25.7 Å². The molecule has 8 nitrogen and oxygen atoms in total. The molecule has 1 saturated heterocycles. The van der Waals surface area contributed by atoms with Gasteiger partial charge in [-0.15, -0.1) is 0 Å². The van der Waals surface area contributed by atoms with Crippen LogP contribution in [-0.2, 0) is 11.0 Å². The molecule has 12 heteroatoms. The number of alkyl halides is 3. The summed E-state index contributed by atoms with van der Waals surface area (Å²) in [6.07, 6.45) is -3.46. The molecular weight excluding hydrogens is 518 g/mol. The lowest BCUT2D eigenvalue weighted by Gasteiger charge is -2.38. The average Bonchev–Trinajstić information content (AvgIpc) is 3.19. The minimum Gasteiger partial charge on any atom is -0.396 e. The molecule has 0 bridgehead atoms. The number of carbonyl (C=O) groups is 1. The first kappa shape index (κ1) is 29.2. The number of aliphatic hydroxyl groups is 2. The Morgan fingerprint density at radius 2 is 1.87 bits per heavy atom. The summed E-state index contributed by atoms with van der Waals surface area (Å²) in [5, 5.41) is 23.0. The van der Waals surface area contributed by atoms with Gasteiger partial charge in [0.1, 0.15) is 18.0 Å². The van der Waals surface area contributed by atoms with Crippen molar-refractivity contribution >= 4 is 11.7 Å². The average molecular weight is 554 g/mol. The zero-order chi connectivity index (χ0) is 28.5. The van der Waals surface area contributed by atoms with Crippen LogP contribution in [0.2, 0.25) is 0 Å². The predicted octanol–water partition coefficient (Wildman–Crippen LogP) is 3.22. The SMILES string of the molecule is C[C@@H]1C[C@@H](O)c2ncnc(N3CCN(C(=O)[C@H](CNCC(C)(C)CO)c4ccc(C(F)(F)F)c(F)c4)CC3)c21. The highest BCUT2D eigenvalue weighted by atomic mass is 19.4. The molecule has 0 unspecified atom stereocenters. The van der Waals surface area contributed by atoms with Crippen LogP contribution in [0.5, 0.6) is 0 Å². The Balaban J connectivity index is 1.51. The number of hydrogen-bond acceptors (Lipinski definition) is 7. The van der Waals surface area contributed by atoms with Crippen LogP contribution in [0.3, 0.4) is 0 Å². The summed E-state index contributed by atoms with van der Waals surface area (Å²) in [6.45, 7) is 7.63. The quantitative estimate of drug-likeness (QED) is 0.432. The molecule has 1 fully saturated rings. The van der Waals surface area contributed by atoms with E-state index in [2.05, 4.69) is 15.3 Å². The molecule has 4 rings (SSSR count). The van der Waals surface area contributed by atoms with Crippen LogP contribution in [0, 0.1) is 11.2 Å². The molecule has 2 aromatic rings. The lowest BCUT2D eigenvalue weighted by atomic mass is 9.92. The first-order valence-electron chi connectivity index (χ1n) is 13.1. The number of rotatable bonds is 8. The fraction of sp³-hybridized carbons (Fsp3) is 0.593. The van der Waals surface area contributed by atoms with Gasteiger partial charge in [-0.05, 0) is 30.0 Å². The van der Waals surface area contributed by atoms with Crippen molar-refractivity contribution in [3.8, 4) is 0 Å². The number of aromatic nitrogens is 2. The second-order valence-corrected chi connectivity index (χ2v) is 11.2. The van der Waals surface area contributed by atoms with Crippen LogP contribution in [0.15, 0.2) is 24.5 Å². The van der Waals surface area contributed by atoms with Crippen molar-refractivity contribution in [1.29, 1.82) is 0 Å².